The number of likely N-dealkylation sites (tertiary alicyclic amines) is 1. The molecule has 0 bridgehead atoms. The predicted octanol–water partition coefficient (Wildman–Crippen LogP) is 2.14. The Bertz CT molecular complexity index is 328. The van der Waals surface area contributed by atoms with Gasteiger partial charge in [-0.05, 0) is 34.1 Å². The molecule has 1 atom stereocenters. The van der Waals surface area contributed by atoms with Crippen molar-refractivity contribution >= 4 is 11.9 Å². The van der Waals surface area contributed by atoms with E-state index in [4.69, 9.17) is 4.74 Å². The zero-order chi connectivity index (χ0) is 12.5. The van der Waals surface area contributed by atoms with Crippen molar-refractivity contribution in [3.63, 3.8) is 0 Å². The molecule has 1 heterocycles. The van der Waals surface area contributed by atoms with Crippen molar-refractivity contribution in [3.8, 4) is 0 Å². The van der Waals surface area contributed by atoms with Crippen LogP contribution in [-0.4, -0.2) is 35.0 Å². The van der Waals surface area contributed by atoms with Crippen LogP contribution in [0.4, 0.5) is 4.79 Å². The Hall–Kier alpha value is -1.32. The highest BCUT2D eigenvalue weighted by Gasteiger charge is 2.36. The van der Waals surface area contributed by atoms with E-state index >= 15 is 0 Å². The van der Waals surface area contributed by atoms with Gasteiger partial charge in [-0.2, -0.15) is 0 Å². The average Bonchev–Trinajstić information content (AvgIpc) is 2.44. The van der Waals surface area contributed by atoms with Gasteiger partial charge < -0.3 is 4.74 Å². The first kappa shape index (κ1) is 12.7. The van der Waals surface area contributed by atoms with E-state index in [0.29, 0.717) is 13.0 Å². The van der Waals surface area contributed by atoms with Gasteiger partial charge in [-0.25, -0.2) is 4.79 Å². The Kier molecular flexibility index (Phi) is 3.41. The topological polar surface area (TPSA) is 46.6 Å². The molecule has 0 aromatic carbocycles. The summed E-state index contributed by atoms with van der Waals surface area (Å²) in [4.78, 5) is 24.7. The summed E-state index contributed by atoms with van der Waals surface area (Å²) in [6, 6.07) is -0.401. The minimum absolute atomic E-state index is 0.0236. The van der Waals surface area contributed by atoms with E-state index in [1.165, 1.54) is 11.8 Å². The Morgan fingerprint density at radius 1 is 1.44 bits per heavy atom. The highest BCUT2D eigenvalue weighted by Crippen LogP contribution is 2.24. The van der Waals surface area contributed by atoms with Crippen LogP contribution in [0.5, 0.6) is 0 Å². The monoisotopic (exact) mass is 225 g/mol. The number of carbonyl (C=O) groups is 2. The van der Waals surface area contributed by atoms with E-state index in [0.717, 1.165) is 5.57 Å². The molecule has 0 aromatic heterocycles. The molecule has 1 rings (SSSR count). The van der Waals surface area contributed by atoms with Crippen LogP contribution in [0.2, 0.25) is 0 Å². The molecular weight excluding hydrogens is 206 g/mol. The average molecular weight is 225 g/mol. The molecular formula is C12H19NO3. The summed E-state index contributed by atoms with van der Waals surface area (Å²) in [5.74, 6) is -0.0236. The minimum atomic E-state index is -0.539. The highest BCUT2D eigenvalue weighted by atomic mass is 16.6. The number of ketones is 1. The largest absolute Gasteiger partial charge is 0.444 e. The summed E-state index contributed by atoms with van der Waals surface area (Å²) < 4.78 is 5.24. The van der Waals surface area contributed by atoms with E-state index < -0.39 is 17.7 Å². The maximum atomic E-state index is 11.8. The maximum Gasteiger partial charge on any atom is 0.411 e. The second-order valence-electron chi connectivity index (χ2n) is 5.19. The van der Waals surface area contributed by atoms with Crippen molar-refractivity contribution in [2.75, 3.05) is 6.54 Å². The van der Waals surface area contributed by atoms with Crippen molar-refractivity contribution in [1.82, 2.24) is 4.90 Å². The van der Waals surface area contributed by atoms with Crippen LogP contribution in [0, 0.1) is 0 Å². The molecule has 16 heavy (non-hydrogen) atoms. The fraction of sp³-hybridized carbons (Fsp3) is 0.667. The third-order valence-corrected chi connectivity index (χ3v) is 2.35. The smallest absolute Gasteiger partial charge is 0.411 e. The van der Waals surface area contributed by atoms with Gasteiger partial charge in [0, 0.05) is 6.54 Å². The Labute approximate surface area is 96.3 Å². The molecule has 0 N–H and O–H groups in total. The lowest BCUT2D eigenvalue weighted by molar-refractivity contribution is -0.121. The van der Waals surface area contributed by atoms with Crippen LogP contribution >= 0.6 is 0 Å². The number of Topliss-reactive ketones (excluding diaryl/α,β-unsaturated/α-hetero) is 1. The minimum Gasteiger partial charge on any atom is -0.444 e. The van der Waals surface area contributed by atoms with Gasteiger partial charge in [0.2, 0.25) is 0 Å². The van der Waals surface area contributed by atoms with Gasteiger partial charge in [-0.3, -0.25) is 9.69 Å². The van der Waals surface area contributed by atoms with E-state index in [-0.39, 0.29) is 5.78 Å². The van der Waals surface area contributed by atoms with Crippen LogP contribution in [-0.2, 0) is 9.53 Å². The van der Waals surface area contributed by atoms with Crippen LogP contribution in [0.3, 0.4) is 0 Å². The van der Waals surface area contributed by atoms with Gasteiger partial charge >= 0.3 is 6.09 Å². The van der Waals surface area contributed by atoms with Gasteiger partial charge in [0.25, 0.3) is 0 Å². The Morgan fingerprint density at radius 3 is 2.44 bits per heavy atom. The van der Waals surface area contributed by atoms with Gasteiger partial charge in [-0.1, -0.05) is 12.2 Å². The molecule has 0 spiro atoms. The number of ether oxygens (including phenoxy) is 1. The first-order chi connectivity index (χ1) is 7.20. The molecule has 90 valence electrons. The van der Waals surface area contributed by atoms with E-state index in [2.05, 4.69) is 6.58 Å². The summed E-state index contributed by atoms with van der Waals surface area (Å²) in [6.45, 7) is 11.1. The molecule has 4 heteroatoms. The van der Waals surface area contributed by atoms with Gasteiger partial charge in [0.15, 0.2) is 5.78 Å². The number of carbonyl (C=O) groups excluding carboxylic acids is 2. The van der Waals surface area contributed by atoms with Crippen LogP contribution in [0.25, 0.3) is 0 Å². The summed E-state index contributed by atoms with van der Waals surface area (Å²) >= 11 is 0. The molecule has 0 saturated carbocycles. The molecule has 1 fully saturated rings. The molecule has 0 aliphatic carbocycles. The summed E-state index contributed by atoms with van der Waals surface area (Å²) in [5, 5.41) is 0. The zero-order valence-electron chi connectivity index (χ0n) is 10.4. The fourth-order valence-electron chi connectivity index (χ4n) is 1.67. The first-order valence-corrected chi connectivity index (χ1v) is 5.37. The zero-order valence-corrected chi connectivity index (χ0v) is 10.4. The Balaban J connectivity index is 2.75. The SMILES string of the molecule is C=C1CC(C(C)=O)N(C(=O)OC(C)(C)C)C1. The number of amides is 1. The summed E-state index contributed by atoms with van der Waals surface area (Å²) in [5.41, 5.74) is 0.355. The maximum absolute atomic E-state index is 11.8. The number of hydrogen-bond acceptors (Lipinski definition) is 3. The Morgan fingerprint density at radius 2 is 2.00 bits per heavy atom. The second kappa shape index (κ2) is 4.28. The lowest BCUT2D eigenvalue weighted by atomic mass is 10.1. The molecule has 1 saturated heterocycles. The highest BCUT2D eigenvalue weighted by molar-refractivity contribution is 5.86. The van der Waals surface area contributed by atoms with E-state index in [9.17, 15) is 9.59 Å². The molecule has 1 unspecified atom stereocenters. The van der Waals surface area contributed by atoms with E-state index in [1.54, 1.807) is 20.8 Å². The lowest BCUT2D eigenvalue weighted by Gasteiger charge is -2.27. The van der Waals surface area contributed by atoms with Crippen LogP contribution < -0.4 is 0 Å². The fourth-order valence-corrected chi connectivity index (χ4v) is 1.67. The molecule has 4 nitrogen and oxygen atoms in total. The summed E-state index contributed by atoms with van der Waals surface area (Å²) in [6.07, 6.45) is 0.112. The van der Waals surface area contributed by atoms with Crippen molar-refractivity contribution < 1.29 is 14.3 Å². The lowest BCUT2D eigenvalue weighted by Crippen LogP contribution is -2.42. The normalized spacial score (nSPS) is 21.1. The molecule has 1 amide bonds. The van der Waals surface area contributed by atoms with Gasteiger partial charge in [-0.15, -0.1) is 0 Å². The standard InChI is InChI=1S/C12H19NO3/c1-8-6-10(9(2)14)13(7-8)11(15)16-12(3,4)5/h10H,1,6-7H2,2-5H3. The third-order valence-electron chi connectivity index (χ3n) is 2.35. The molecule has 1 aliphatic rings. The molecule has 1 aliphatic heterocycles. The predicted molar refractivity (Wildman–Crippen MR) is 61.2 cm³/mol. The van der Waals surface area contributed by atoms with Crippen molar-refractivity contribution in [3.05, 3.63) is 12.2 Å². The van der Waals surface area contributed by atoms with Crippen LogP contribution in [0.15, 0.2) is 12.2 Å². The summed E-state index contributed by atoms with van der Waals surface area (Å²) in [7, 11) is 0. The van der Waals surface area contributed by atoms with Crippen molar-refractivity contribution in [1.29, 1.82) is 0 Å². The van der Waals surface area contributed by atoms with Crippen molar-refractivity contribution in [2.24, 2.45) is 0 Å². The van der Waals surface area contributed by atoms with Gasteiger partial charge in [0.1, 0.15) is 5.60 Å². The van der Waals surface area contributed by atoms with Crippen LogP contribution in [0.1, 0.15) is 34.1 Å². The third kappa shape index (κ3) is 3.08. The quantitative estimate of drug-likeness (QED) is 0.642. The van der Waals surface area contributed by atoms with E-state index in [1.807, 2.05) is 0 Å². The first-order valence-electron chi connectivity index (χ1n) is 5.37. The molecule has 0 aromatic rings. The number of nitrogens with zero attached hydrogens (tertiary/aromatic N) is 1. The van der Waals surface area contributed by atoms with Crippen molar-refractivity contribution in [2.45, 2.75) is 45.8 Å². The molecule has 0 radical (unpaired) electrons. The number of hydrogen-bond donors (Lipinski definition) is 0. The van der Waals surface area contributed by atoms with Gasteiger partial charge in [0.05, 0.1) is 6.04 Å². The second-order valence-corrected chi connectivity index (χ2v) is 5.19. The number of rotatable bonds is 1.